The van der Waals surface area contributed by atoms with Gasteiger partial charge in [0.05, 0.1) is 11.4 Å². The van der Waals surface area contributed by atoms with E-state index in [2.05, 4.69) is 5.32 Å². The number of nitrogens with one attached hydrogen (secondary N) is 1. The molecule has 0 heterocycles. The largest absolute Gasteiger partial charge is 0.397 e. The average Bonchev–Trinajstić information content (AvgIpc) is 2.36. The van der Waals surface area contributed by atoms with Crippen LogP contribution in [0.25, 0.3) is 0 Å². The van der Waals surface area contributed by atoms with Crippen LogP contribution in [0.1, 0.15) is 5.56 Å². The molecular formula is C13H10F4N2. The Kier molecular flexibility index (Phi) is 3.33. The molecule has 2 aromatic rings. The fraction of sp³-hybridized carbons (Fsp3) is 0.0769. The normalized spacial score (nSPS) is 10.6. The van der Waals surface area contributed by atoms with Crippen molar-refractivity contribution < 1.29 is 17.6 Å². The summed E-state index contributed by atoms with van der Waals surface area (Å²) in [6.45, 7) is 1.74. The summed E-state index contributed by atoms with van der Waals surface area (Å²) >= 11 is 0. The van der Waals surface area contributed by atoms with Crippen molar-refractivity contribution in [2.75, 3.05) is 11.1 Å². The van der Waals surface area contributed by atoms with E-state index in [1.807, 2.05) is 0 Å². The van der Waals surface area contributed by atoms with E-state index in [0.717, 1.165) is 5.56 Å². The number of anilines is 3. The molecule has 0 aliphatic carbocycles. The Morgan fingerprint density at radius 1 is 0.947 bits per heavy atom. The molecule has 0 fully saturated rings. The number of rotatable bonds is 2. The third-order valence-electron chi connectivity index (χ3n) is 2.58. The van der Waals surface area contributed by atoms with Crippen molar-refractivity contribution in [3.63, 3.8) is 0 Å². The number of hydrogen-bond acceptors (Lipinski definition) is 2. The van der Waals surface area contributed by atoms with Crippen molar-refractivity contribution >= 4 is 17.1 Å². The summed E-state index contributed by atoms with van der Waals surface area (Å²) in [6, 6.07) is 4.87. The van der Waals surface area contributed by atoms with Crippen LogP contribution in [0.3, 0.4) is 0 Å². The van der Waals surface area contributed by atoms with E-state index in [-0.39, 0.29) is 17.4 Å². The van der Waals surface area contributed by atoms with Gasteiger partial charge in [-0.3, -0.25) is 0 Å². The number of hydrogen-bond donors (Lipinski definition) is 2. The van der Waals surface area contributed by atoms with Crippen molar-refractivity contribution in [2.24, 2.45) is 0 Å². The van der Waals surface area contributed by atoms with Gasteiger partial charge >= 0.3 is 0 Å². The van der Waals surface area contributed by atoms with Crippen molar-refractivity contribution in [3.05, 3.63) is 53.1 Å². The van der Waals surface area contributed by atoms with Crippen LogP contribution >= 0.6 is 0 Å². The van der Waals surface area contributed by atoms with E-state index >= 15 is 0 Å². The average molecular weight is 270 g/mol. The molecule has 0 saturated carbocycles. The molecule has 2 nitrogen and oxygen atoms in total. The van der Waals surface area contributed by atoms with Crippen LogP contribution in [0, 0.1) is 30.2 Å². The molecule has 0 aliphatic heterocycles. The molecule has 0 spiro atoms. The Morgan fingerprint density at radius 3 is 2.11 bits per heavy atom. The second-order valence-corrected chi connectivity index (χ2v) is 4.06. The molecular weight excluding hydrogens is 260 g/mol. The number of nitrogen functional groups attached to an aromatic ring is 1. The van der Waals surface area contributed by atoms with Crippen molar-refractivity contribution in [1.82, 2.24) is 0 Å². The van der Waals surface area contributed by atoms with Gasteiger partial charge in [0.25, 0.3) is 0 Å². The third-order valence-corrected chi connectivity index (χ3v) is 2.58. The molecule has 0 aliphatic rings. The lowest BCUT2D eigenvalue weighted by Crippen LogP contribution is -2.04. The van der Waals surface area contributed by atoms with Crippen LogP contribution in [0.15, 0.2) is 24.3 Å². The molecule has 2 aromatic carbocycles. The highest BCUT2D eigenvalue weighted by Crippen LogP contribution is 2.30. The minimum absolute atomic E-state index is 0.148. The number of halogens is 4. The standard InChI is InChI=1S/C13H10F4N2/c1-6-2-3-9(18)10(4-6)19-13-11(16)7(14)5-8(15)12(13)17/h2-5,19H,18H2,1H3. The monoisotopic (exact) mass is 270 g/mol. The highest BCUT2D eigenvalue weighted by molar-refractivity contribution is 5.73. The SMILES string of the molecule is Cc1ccc(N)c(Nc2c(F)c(F)cc(F)c2F)c1. The first-order valence-corrected chi connectivity index (χ1v) is 5.36. The van der Waals surface area contributed by atoms with Gasteiger partial charge in [-0.15, -0.1) is 0 Å². The third kappa shape index (κ3) is 2.47. The highest BCUT2D eigenvalue weighted by Gasteiger charge is 2.19. The molecule has 0 atom stereocenters. The lowest BCUT2D eigenvalue weighted by molar-refractivity contribution is 0.459. The maximum absolute atomic E-state index is 13.5. The smallest absolute Gasteiger partial charge is 0.185 e. The van der Waals surface area contributed by atoms with Crippen molar-refractivity contribution in [3.8, 4) is 0 Å². The first kappa shape index (κ1) is 13.2. The molecule has 2 rings (SSSR count). The van der Waals surface area contributed by atoms with Crippen LogP contribution in [0.2, 0.25) is 0 Å². The zero-order valence-electron chi connectivity index (χ0n) is 9.90. The summed E-state index contributed by atoms with van der Waals surface area (Å²) in [5.74, 6) is -5.96. The first-order chi connectivity index (χ1) is 8.90. The maximum atomic E-state index is 13.5. The fourth-order valence-corrected chi connectivity index (χ4v) is 1.60. The molecule has 6 heteroatoms. The molecule has 0 bridgehead atoms. The van der Waals surface area contributed by atoms with Gasteiger partial charge in [0.1, 0.15) is 5.69 Å². The predicted molar refractivity (Wildman–Crippen MR) is 65.1 cm³/mol. The van der Waals surface area contributed by atoms with Crippen LogP contribution in [-0.4, -0.2) is 0 Å². The fourth-order valence-electron chi connectivity index (χ4n) is 1.60. The molecule has 0 aromatic heterocycles. The highest BCUT2D eigenvalue weighted by atomic mass is 19.2. The minimum atomic E-state index is -1.50. The summed E-state index contributed by atoms with van der Waals surface area (Å²) in [5.41, 5.74) is 5.86. The van der Waals surface area contributed by atoms with E-state index in [1.165, 1.54) is 12.1 Å². The maximum Gasteiger partial charge on any atom is 0.185 e. The van der Waals surface area contributed by atoms with E-state index in [9.17, 15) is 17.6 Å². The summed E-state index contributed by atoms with van der Waals surface area (Å²) in [6.07, 6.45) is 0. The molecule has 0 amide bonds. The van der Waals surface area contributed by atoms with E-state index in [1.54, 1.807) is 13.0 Å². The zero-order valence-corrected chi connectivity index (χ0v) is 9.90. The first-order valence-electron chi connectivity index (χ1n) is 5.36. The molecule has 100 valence electrons. The minimum Gasteiger partial charge on any atom is -0.397 e. The molecule has 0 unspecified atom stereocenters. The molecule has 0 saturated heterocycles. The van der Waals surface area contributed by atoms with Crippen LogP contribution in [0.4, 0.5) is 34.6 Å². The Labute approximate surface area is 106 Å². The van der Waals surface area contributed by atoms with Gasteiger partial charge in [-0.25, -0.2) is 17.6 Å². The second-order valence-electron chi connectivity index (χ2n) is 4.06. The van der Waals surface area contributed by atoms with Gasteiger partial charge < -0.3 is 11.1 Å². The number of benzene rings is 2. The Bertz CT molecular complexity index is 615. The summed E-state index contributed by atoms with van der Waals surface area (Å²) < 4.78 is 53.1. The van der Waals surface area contributed by atoms with E-state index < -0.39 is 29.0 Å². The summed E-state index contributed by atoms with van der Waals surface area (Å²) in [5, 5.41) is 2.28. The molecule has 3 N–H and O–H groups in total. The lowest BCUT2D eigenvalue weighted by Gasteiger charge is -2.12. The van der Waals surface area contributed by atoms with Crippen LogP contribution in [-0.2, 0) is 0 Å². The lowest BCUT2D eigenvalue weighted by atomic mass is 10.2. The van der Waals surface area contributed by atoms with Crippen LogP contribution < -0.4 is 11.1 Å². The number of nitrogens with two attached hydrogens (primary N) is 1. The quantitative estimate of drug-likeness (QED) is 0.494. The van der Waals surface area contributed by atoms with Gasteiger partial charge in [-0.2, -0.15) is 0 Å². The summed E-state index contributed by atoms with van der Waals surface area (Å²) in [7, 11) is 0. The molecule has 19 heavy (non-hydrogen) atoms. The topological polar surface area (TPSA) is 38.0 Å². The zero-order chi connectivity index (χ0) is 14.2. The molecule has 0 radical (unpaired) electrons. The van der Waals surface area contributed by atoms with Gasteiger partial charge in [0.15, 0.2) is 23.3 Å². The number of aryl methyl sites for hydroxylation is 1. The Hall–Kier alpha value is -2.24. The van der Waals surface area contributed by atoms with Gasteiger partial charge in [-0.1, -0.05) is 6.07 Å². The predicted octanol–water partition coefficient (Wildman–Crippen LogP) is 3.88. The Balaban J connectivity index is 2.52. The van der Waals surface area contributed by atoms with E-state index in [0.29, 0.717) is 0 Å². The van der Waals surface area contributed by atoms with Gasteiger partial charge in [0.2, 0.25) is 0 Å². The van der Waals surface area contributed by atoms with Crippen molar-refractivity contribution in [1.29, 1.82) is 0 Å². The van der Waals surface area contributed by atoms with E-state index in [4.69, 9.17) is 5.73 Å². The van der Waals surface area contributed by atoms with Crippen LogP contribution in [0.5, 0.6) is 0 Å². The Morgan fingerprint density at radius 2 is 1.53 bits per heavy atom. The van der Waals surface area contributed by atoms with Crippen molar-refractivity contribution in [2.45, 2.75) is 6.92 Å². The van der Waals surface area contributed by atoms with Gasteiger partial charge in [-0.05, 0) is 24.6 Å². The second kappa shape index (κ2) is 4.79. The summed E-state index contributed by atoms with van der Waals surface area (Å²) in [4.78, 5) is 0. The van der Waals surface area contributed by atoms with Gasteiger partial charge in [0, 0.05) is 6.07 Å².